The van der Waals surface area contributed by atoms with Gasteiger partial charge in [0.1, 0.15) is 5.78 Å². The molecule has 1 aliphatic rings. The van der Waals surface area contributed by atoms with Crippen LogP contribution in [0, 0.1) is 11.8 Å². The van der Waals surface area contributed by atoms with Crippen LogP contribution < -0.4 is 0 Å². The summed E-state index contributed by atoms with van der Waals surface area (Å²) in [5.41, 5.74) is 1.09. The van der Waals surface area contributed by atoms with Crippen molar-refractivity contribution in [1.82, 2.24) is 0 Å². The molecule has 0 bridgehead atoms. The minimum atomic E-state index is 0.295. The third-order valence-electron chi connectivity index (χ3n) is 4.56. The largest absolute Gasteiger partial charge is 0.299 e. The van der Waals surface area contributed by atoms with E-state index in [0.29, 0.717) is 18.1 Å². The van der Waals surface area contributed by atoms with E-state index >= 15 is 0 Å². The molecule has 1 nitrogen and oxygen atoms in total. The van der Waals surface area contributed by atoms with Crippen LogP contribution >= 0.6 is 11.6 Å². The van der Waals surface area contributed by atoms with Crippen molar-refractivity contribution in [1.29, 1.82) is 0 Å². The highest BCUT2D eigenvalue weighted by molar-refractivity contribution is 6.30. The van der Waals surface area contributed by atoms with Gasteiger partial charge in [-0.25, -0.2) is 0 Å². The Morgan fingerprint density at radius 3 is 2.40 bits per heavy atom. The lowest BCUT2D eigenvalue weighted by atomic mass is 9.77. The van der Waals surface area contributed by atoms with Crippen LogP contribution in [0.3, 0.4) is 0 Å². The fourth-order valence-corrected chi connectivity index (χ4v) is 3.34. The Hall–Kier alpha value is -0.820. The summed E-state index contributed by atoms with van der Waals surface area (Å²) in [5, 5.41) is 0.734. The van der Waals surface area contributed by atoms with Crippen molar-refractivity contribution in [2.75, 3.05) is 0 Å². The molecule has 0 atom stereocenters. The van der Waals surface area contributed by atoms with Gasteiger partial charge in [0.05, 0.1) is 0 Å². The summed E-state index contributed by atoms with van der Waals surface area (Å²) >= 11 is 5.87. The molecule has 1 aromatic rings. The Balaban J connectivity index is 1.78. The molecular weight excluding hydrogens is 268 g/mol. The first-order valence-electron chi connectivity index (χ1n) is 7.96. The lowest BCUT2D eigenvalue weighted by Crippen LogP contribution is -2.23. The number of Topliss-reactive ketones (excluding diaryl/α,β-unsaturated/α-hetero) is 1. The number of hydrogen-bond donors (Lipinski definition) is 0. The molecule has 20 heavy (non-hydrogen) atoms. The molecule has 2 heteroatoms. The summed E-state index contributed by atoms with van der Waals surface area (Å²) in [7, 11) is 0. The second kappa shape index (κ2) is 7.83. The van der Waals surface area contributed by atoms with Crippen molar-refractivity contribution in [3.63, 3.8) is 0 Å². The second-order valence-electron chi connectivity index (χ2n) is 6.13. The van der Waals surface area contributed by atoms with Gasteiger partial charge in [0, 0.05) is 17.4 Å². The molecule has 0 amide bonds. The minimum Gasteiger partial charge on any atom is -0.299 e. The first-order valence-corrected chi connectivity index (χ1v) is 8.34. The third kappa shape index (κ3) is 4.63. The molecule has 0 heterocycles. The maximum Gasteiger partial charge on any atom is 0.140 e. The topological polar surface area (TPSA) is 17.1 Å². The van der Waals surface area contributed by atoms with Crippen LogP contribution in [0.5, 0.6) is 0 Å². The van der Waals surface area contributed by atoms with Crippen LogP contribution in [0.25, 0.3) is 0 Å². The van der Waals surface area contributed by atoms with Crippen molar-refractivity contribution in [3.05, 3.63) is 34.9 Å². The van der Waals surface area contributed by atoms with Gasteiger partial charge in [-0.15, -0.1) is 0 Å². The van der Waals surface area contributed by atoms with Crippen LogP contribution in [-0.2, 0) is 11.2 Å². The minimum absolute atomic E-state index is 0.295. The van der Waals surface area contributed by atoms with Crippen LogP contribution in [0.2, 0.25) is 5.02 Å². The zero-order valence-electron chi connectivity index (χ0n) is 12.4. The number of carbonyl (C=O) groups is 1. The number of ketones is 1. The highest BCUT2D eigenvalue weighted by Crippen LogP contribution is 2.32. The van der Waals surface area contributed by atoms with Gasteiger partial charge in [-0.1, -0.05) is 49.9 Å². The van der Waals surface area contributed by atoms with E-state index in [4.69, 9.17) is 11.6 Å². The lowest BCUT2D eigenvalue weighted by molar-refractivity contribution is -0.123. The molecule has 0 unspecified atom stereocenters. The maximum absolute atomic E-state index is 12.3. The Bertz CT molecular complexity index is 416. The van der Waals surface area contributed by atoms with Gasteiger partial charge in [-0.05, 0) is 49.3 Å². The van der Waals surface area contributed by atoms with Gasteiger partial charge in [-0.2, -0.15) is 0 Å². The molecule has 0 N–H and O–H groups in total. The number of rotatable bonds is 6. The summed E-state index contributed by atoms with van der Waals surface area (Å²) < 4.78 is 0. The van der Waals surface area contributed by atoms with E-state index in [2.05, 4.69) is 6.92 Å². The van der Waals surface area contributed by atoms with Crippen LogP contribution in [0.15, 0.2) is 24.3 Å². The maximum atomic E-state index is 12.3. The molecule has 1 fully saturated rings. The summed E-state index contributed by atoms with van der Waals surface area (Å²) in [6, 6.07) is 7.66. The van der Waals surface area contributed by atoms with Crippen molar-refractivity contribution >= 4 is 17.4 Å². The third-order valence-corrected chi connectivity index (χ3v) is 4.81. The predicted molar refractivity (Wildman–Crippen MR) is 85.1 cm³/mol. The Kier molecular flexibility index (Phi) is 6.09. The van der Waals surface area contributed by atoms with Gasteiger partial charge >= 0.3 is 0 Å². The van der Waals surface area contributed by atoms with E-state index in [1.807, 2.05) is 24.3 Å². The fraction of sp³-hybridized carbons (Fsp3) is 0.611. The van der Waals surface area contributed by atoms with Crippen LogP contribution in [0.1, 0.15) is 57.4 Å². The molecule has 0 spiro atoms. The first-order chi connectivity index (χ1) is 9.69. The highest BCUT2D eigenvalue weighted by Gasteiger charge is 2.25. The Morgan fingerprint density at radius 2 is 1.80 bits per heavy atom. The monoisotopic (exact) mass is 292 g/mol. The van der Waals surface area contributed by atoms with E-state index in [1.165, 1.54) is 32.1 Å². The highest BCUT2D eigenvalue weighted by atomic mass is 35.5. The summed E-state index contributed by atoms with van der Waals surface area (Å²) in [6.07, 6.45) is 9.25. The average Bonchev–Trinajstić information content (AvgIpc) is 2.48. The van der Waals surface area contributed by atoms with Crippen LogP contribution in [0.4, 0.5) is 0 Å². The summed E-state index contributed by atoms with van der Waals surface area (Å²) in [4.78, 5) is 12.3. The molecule has 1 aromatic carbocycles. The predicted octanol–water partition coefficient (Wildman–Crippen LogP) is 5.45. The number of benzene rings is 1. The van der Waals surface area contributed by atoms with Gasteiger partial charge in [0.15, 0.2) is 0 Å². The first kappa shape index (κ1) is 15.6. The van der Waals surface area contributed by atoms with Gasteiger partial charge in [0.2, 0.25) is 0 Å². The van der Waals surface area contributed by atoms with Crippen molar-refractivity contribution < 1.29 is 4.79 Å². The van der Waals surface area contributed by atoms with E-state index in [1.54, 1.807) is 0 Å². The van der Waals surface area contributed by atoms with Gasteiger partial charge in [0.25, 0.3) is 0 Å². The van der Waals surface area contributed by atoms with Crippen molar-refractivity contribution in [2.45, 2.75) is 58.3 Å². The molecule has 0 aromatic heterocycles. The summed E-state index contributed by atoms with van der Waals surface area (Å²) in [6.45, 7) is 2.25. The molecule has 1 aliphatic carbocycles. The van der Waals surface area contributed by atoms with Gasteiger partial charge < -0.3 is 0 Å². The molecule has 0 aliphatic heterocycles. The molecular formula is C18H25ClO. The molecule has 0 radical (unpaired) electrons. The second-order valence-corrected chi connectivity index (χ2v) is 6.57. The normalized spacial score (nSPS) is 22.7. The quantitative estimate of drug-likeness (QED) is 0.681. The molecule has 110 valence electrons. The standard InChI is InChI=1S/C18H25ClO/c1-2-3-4-14-5-9-16(10-6-14)18(20)13-15-7-11-17(19)12-8-15/h7-8,11-12,14,16H,2-6,9-10,13H2,1H3. The molecule has 0 saturated heterocycles. The zero-order valence-corrected chi connectivity index (χ0v) is 13.2. The summed E-state index contributed by atoms with van der Waals surface area (Å²) in [5.74, 6) is 1.58. The van der Waals surface area contributed by atoms with Crippen molar-refractivity contribution in [3.8, 4) is 0 Å². The van der Waals surface area contributed by atoms with Crippen LogP contribution in [-0.4, -0.2) is 5.78 Å². The Labute approximate surface area is 127 Å². The lowest BCUT2D eigenvalue weighted by Gasteiger charge is -2.27. The fourth-order valence-electron chi connectivity index (χ4n) is 3.21. The zero-order chi connectivity index (χ0) is 14.4. The van der Waals surface area contributed by atoms with Crippen molar-refractivity contribution in [2.24, 2.45) is 11.8 Å². The van der Waals surface area contributed by atoms with E-state index < -0.39 is 0 Å². The average molecular weight is 293 g/mol. The Morgan fingerprint density at radius 1 is 1.15 bits per heavy atom. The van der Waals surface area contributed by atoms with E-state index in [0.717, 1.165) is 29.3 Å². The molecule has 1 saturated carbocycles. The number of carbonyl (C=O) groups excluding carboxylic acids is 1. The SMILES string of the molecule is CCCCC1CCC(C(=O)Cc2ccc(Cl)cc2)CC1. The molecule has 2 rings (SSSR count). The number of hydrogen-bond acceptors (Lipinski definition) is 1. The van der Waals surface area contributed by atoms with E-state index in [9.17, 15) is 4.79 Å². The van der Waals surface area contributed by atoms with E-state index in [-0.39, 0.29) is 0 Å². The van der Waals surface area contributed by atoms with Gasteiger partial charge in [-0.3, -0.25) is 4.79 Å². The smallest absolute Gasteiger partial charge is 0.140 e. The number of unbranched alkanes of at least 4 members (excludes halogenated alkanes) is 1. The number of halogens is 1.